The second-order valence-electron chi connectivity index (χ2n) is 6.62. The van der Waals surface area contributed by atoms with Gasteiger partial charge in [0.05, 0.1) is 12.1 Å². The summed E-state index contributed by atoms with van der Waals surface area (Å²) in [6.07, 6.45) is 2.88. The highest BCUT2D eigenvalue weighted by Crippen LogP contribution is 2.51. The number of aliphatic imine (C=N–C) groups is 1. The van der Waals surface area contributed by atoms with Crippen molar-refractivity contribution in [2.45, 2.75) is 59.2 Å². The van der Waals surface area contributed by atoms with Crippen molar-refractivity contribution in [3.63, 3.8) is 0 Å². The predicted molar refractivity (Wildman–Crippen MR) is 92.4 cm³/mol. The largest absolute Gasteiger partial charge is 0.378 e. The molecule has 0 spiro atoms. The molecule has 1 aliphatic carbocycles. The Balaban J connectivity index is 2.00. The molecule has 6 heteroatoms. The molecule has 5 nitrogen and oxygen atoms in total. The van der Waals surface area contributed by atoms with Crippen LogP contribution >= 0.6 is 11.3 Å². The van der Waals surface area contributed by atoms with Crippen molar-refractivity contribution < 1.29 is 4.74 Å². The van der Waals surface area contributed by atoms with Gasteiger partial charge in [0.2, 0.25) is 0 Å². The molecular formula is C16H28N4OS. The number of guanidine groups is 1. The van der Waals surface area contributed by atoms with E-state index in [0.29, 0.717) is 12.6 Å². The predicted octanol–water partition coefficient (Wildman–Crippen LogP) is 2.71. The van der Waals surface area contributed by atoms with Gasteiger partial charge in [-0.25, -0.2) is 9.98 Å². The summed E-state index contributed by atoms with van der Waals surface area (Å²) in [5.41, 5.74) is -0.00980. The van der Waals surface area contributed by atoms with E-state index < -0.39 is 0 Å². The van der Waals surface area contributed by atoms with Gasteiger partial charge in [-0.1, -0.05) is 13.8 Å². The minimum atomic E-state index is -0.0750. The molecule has 2 N–H and O–H groups in total. The van der Waals surface area contributed by atoms with Crippen LogP contribution in [0.15, 0.2) is 11.2 Å². The molecule has 1 aliphatic rings. The van der Waals surface area contributed by atoms with Crippen molar-refractivity contribution in [1.29, 1.82) is 0 Å². The van der Waals surface area contributed by atoms with E-state index in [9.17, 15) is 0 Å². The number of aromatic nitrogens is 1. The summed E-state index contributed by atoms with van der Waals surface area (Å²) < 4.78 is 5.68. The highest BCUT2D eigenvalue weighted by Gasteiger charge is 2.58. The molecule has 124 valence electrons. The highest BCUT2D eigenvalue weighted by atomic mass is 32.1. The first-order valence-corrected chi connectivity index (χ1v) is 8.65. The van der Waals surface area contributed by atoms with Crippen LogP contribution in [0.4, 0.5) is 0 Å². The Morgan fingerprint density at radius 2 is 2.23 bits per heavy atom. The number of nitrogens with zero attached hydrogens (tertiary/aromatic N) is 2. The third-order valence-electron chi connectivity index (χ3n) is 4.98. The van der Waals surface area contributed by atoms with Gasteiger partial charge < -0.3 is 15.4 Å². The molecular weight excluding hydrogens is 296 g/mol. The Labute approximate surface area is 137 Å². The molecule has 1 saturated carbocycles. The standard InChI is InChI=1S/C16H28N4OS/c1-7-17-14(19-10-13-18-9-11(2)22-13)20-12-8-16(5,21-6)15(12,3)4/h9,12H,7-8,10H2,1-6H3,(H2,17,19,20). The number of nitrogens with one attached hydrogen (secondary N) is 2. The fourth-order valence-corrected chi connectivity index (χ4v) is 3.54. The Morgan fingerprint density at radius 1 is 1.50 bits per heavy atom. The SMILES string of the molecule is CCNC(=NCc1ncc(C)s1)NC1CC(C)(OC)C1(C)C. The molecule has 2 unspecified atom stereocenters. The summed E-state index contributed by atoms with van der Waals surface area (Å²) in [4.78, 5) is 10.2. The van der Waals surface area contributed by atoms with Gasteiger partial charge in [0.1, 0.15) is 5.01 Å². The Kier molecular flexibility index (Phi) is 5.12. The number of hydrogen-bond acceptors (Lipinski definition) is 4. The van der Waals surface area contributed by atoms with E-state index in [1.165, 1.54) is 4.88 Å². The van der Waals surface area contributed by atoms with Gasteiger partial charge in [0, 0.05) is 36.2 Å². The second-order valence-corrected chi connectivity index (χ2v) is 7.94. The van der Waals surface area contributed by atoms with E-state index in [2.05, 4.69) is 55.2 Å². The molecule has 1 aromatic heterocycles. The normalized spacial score (nSPS) is 27.4. The smallest absolute Gasteiger partial charge is 0.191 e. The summed E-state index contributed by atoms with van der Waals surface area (Å²) in [5.74, 6) is 0.853. The van der Waals surface area contributed by atoms with Gasteiger partial charge in [-0.2, -0.15) is 0 Å². The number of thiazole rings is 1. The summed E-state index contributed by atoms with van der Waals surface area (Å²) in [7, 11) is 1.79. The molecule has 22 heavy (non-hydrogen) atoms. The molecule has 0 aliphatic heterocycles. The van der Waals surface area contributed by atoms with Crippen LogP contribution in [0.2, 0.25) is 0 Å². The highest BCUT2D eigenvalue weighted by molar-refractivity contribution is 7.11. The van der Waals surface area contributed by atoms with Crippen LogP contribution in [0.1, 0.15) is 44.0 Å². The third-order valence-corrected chi connectivity index (χ3v) is 5.87. The minimum absolute atomic E-state index is 0.0652. The molecule has 2 atom stereocenters. The number of rotatable bonds is 5. The van der Waals surface area contributed by atoms with Gasteiger partial charge in [-0.05, 0) is 27.2 Å². The van der Waals surface area contributed by atoms with Crippen LogP contribution in [0, 0.1) is 12.3 Å². The topological polar surface area (TPSA) is 58.5 Å². The molecule has 1 heterocycles. The number of aryl methyl sites for hydroxylation is 1. The number of methoxy groups -OCH3 is 1. The van der Waals surface area contributed by atoms with Crippen LogP contribution in [0.5, 0.6) is 0 Å². The molecule has 1 fully saturated rings. The van der Waals surface area contributed by atoms with Gasteiger partial charge in [-0.15, -0.1) is 11.3 Å². The first kappa shape index (κ1) is 17.2. The zero-order valence-electron chi connectivity index (χ0n) is 14.5. The molecule has 0 saturated heterocycles. The number of hydrogen-bond donors (Lipinski definition) is 2. The van der Waals surface area contributed by atoms with Crippen molar-refractivity contribution in [2.75, 3.05) is 13.7 Å². The van der Waals surface area contributed by atoms with Crippen LogP contribution in [0.25, 0.3) is 0 Å². The van der Waals surface area contributed by atoms with Crippen molar-refractivity contribution in [3.8, 4) is 0 Å². The maximum Gasteiger partial charge on any atom is 0.191 e. The maximum atomic E-state index is 5.68. The van der Waals surface area contributed by atoms with Crippen LogP contribution < -0.4 is 10.6 Å². The van der Waals surface area contributed by atoms with Crippen molar-refractivity contribution in [1.82, 2.24) is 15.6 Å². The summed E-state index contributed by atoms with van der Waals surface area (Å²) in [6.45, 7) is 12.3. The minimum Gasteiger partial charge on any atom is -0.378 e. The lowest BCUT2D eigenvalue weighted by molar-refractivity contribution is -0.176. The van der Waals surface area contributed by atoms with Gasteiger partial charge in [0.15, 0.2) is 5.96 Å². The monoisotopic (exact) mass is 324 g/mol. The lowest BCUT2D eigenvalue weighted by Gasteiger charge is -2.59. The van der Waals surface area contributed by atoms with E-state index in [1.807, 2.05) is 6.20 Å². The molecule has 0 bridgehead atoms. The van der Waals surface area contributed by atoms with Crippen LogP contribution in [-0.4, -0.2) is 36.2 Å². The number of ether oxygens (including phenoxy) is 1. The first-order chi connectivity index (χ1) is 10.3. The second kappa shape index (κ2) is 6.54. The van der Waals surface area contributed by atoms with Crippen LogP contribution in [-0.2, 0) is 11.3 Å². The zero-order chi connectivity index (χ0) is 16.4. The molecule has 0 aromatic carbocycles. The molecule has 0 amide bonds. The van der Waals surface area contributed by atoms with E-state index in [0.717, 1.165) is 23.9 Å². The van der Waals surface area contributed by atoms with Gasteiger partial charge in [0.25, 0.3) is 0 Å². The van der Waals surface area contributed by atoms with E-state index in [4.69, 9.17) is 4.74 Å². The quantitative estimate of drug-likeness (QED) is 0.646. The van der Waals surface area contributed by atoms with Crippen LogP contribution in [0.3, 0.4) is 0 Å². The summed E-state index contributed by atoms with van der Waals surface area (Å²) >= 11 is 1.70. The van der Waals surface area contributed by atoms with E-state index in [1.54, 1.807) is 18.4 Å². The van der Waals surface area contributed by atoms with Gasteiger partial charge >= 0.3 is 0 Å². The maximum absolute atomic E-state index is 5.68. The molecule has 0 radical (unpaired) electrons. The lowest BCUT2D eigenvalue weighted by Crippen LogP contribution is -2.69. The Bertz CT molecular complexity index is 540. The summed E-state index contributed by atoms with van der Waals surface area (Å²) in [5, 5.41) is 7.91. The van der Waals surface area contributed by atoms with Crippen molar-refractivity contribution in [2.24, 2.45) is 10.4 Å². The fraction of sp³-hybridized carbons (Fsp3) is 0.750. The average molecular weight is 324 g/mol. The first-order valence-electron chi connectivity index (χ1n) is 7.83. The van der Waals surface area contributed by atoms with E-state index >= 15 is 0 Å². The molecule has 2 rings (SSSR count). The third kappa shape index (κ3) is 3.27. The van der Waals surface area contributed by atoms with Crippen molar-refractivity contribution >= 4 is 17.3 Å². The average Bonchev–Trinajstić information content (AvgIpc) is 2.89. The summed E-state index contributed by atoms with van der Waals surface area (Å²) in [6, 6.07) is 0.355. The fourth-order valence-electron chi connectivity index (χ4n) is 2.83. The van der Waals surface area contributed by atoms with Gasteiger partial charge in [-0.3, -0.25) is 0 Å². The van der Waals surface area contributed by atoms with E-state index in [-0.39, 0.29) is 11.0 Å². The van der Waals surface area contributed by atoms with Crippen molar-refractivity contribution in [3.05, 3.63) is 16.1 Å². The zero-order valence-corrected chi connectivity index (χ0v) is 15.3. The molecule has 1 aromatic rings. The lowest BCUT2D eigenvalue weighted by atomic mass is 9.56. The Morgan fingerprint density at radius 3 is 2.73 bits per heavy atom. The Hall–Kier alpha value is -1.14.